The normalized spacial score (nSPS) is 13.7. The van der Waals surface area contributed by atoms with Crippen LogP contribution in [0.4, 0.5) is 5.69 Å². The van der Waals surface area contributed by atoms with Crippen LogP contribution in [0.5, 0.6) is 0 Å². The van der Waals surface area contributed by atoms with E-state index in [1.165, 1.54) is 0 Å². The van der Waals surface area contributed by atoms with E-state index in [1.54, 1.807) is 11.3 Å². The maximum Gasteiger partial charge on any atom is 0.256 e. The Morgan fingerprint density at radius 2 is 1.85 bits per heavy atom. The molecule has 4 aromatic rings. The molecule has 0 bridgehead atoms. The van der Waals surface area contributed by atoms with Gasteiger partial charge in [0.1, 0.15) is 5.01 Å². The lowest BCUT2D eigenvalue weighted by atomic mass is 10.0. The molecule has 2 aromatic carbocycles. The number of aromatic nitrogens is 2. The van der Waals surface area contributed by atoms with E-state index in [1.807, 2.05) is 73.8 Å². The van der Waals surface area contributed by atoms with Crippen LogP contribution >= 0.6 is 11.3 Å². The molecule has 5 rings (SSSR count). The van der Waals surface area contributed by atoms with Crippen molar-refractivity contribution in [2.75, 3.05) is 31.5 Å². The van der Waals surface area contributed by atoms with E-state index in [0.29, 0.717) is 17.7 Å². The summed E-state index contributed by atoms with van der Waals surface area (Å²) in [5.74, 6) is -0.264. The number of carbonyl (C=O) groups excluding carboxylic acids is 2. The third kappa shape index (κ3) is 5.44. The highest BCUT2D eigenvalue weighted by molar-refractivity contribution is 7.13. The average molecular weight is 540 g/mol. The maximum atomic E-state index is 13.0. The van der Waals surface area contributed by atoms with Crippen molar-refractivity contribution in [2.24, 2.45) is 0 Å². The molecule has 0 saturated heterocycles. The number of benzene rings is 2. The number of hydrogen-bond donors (Lipinski definition) is 3. The smallest absolute Gasteiger partial charge is 0.256 e. The fourth-order valence-electron chi connectivity index (χ4n) is 4.98. The summed E-state index contributed by atoms with van der Waals surface area (Å²) in [5.41, 5.74) is 8.07. The molecule has 8 heteroatoms. The highest BCUT2D eigenvalue weighted by Crippen LogP contribution is 2.38. The molecule has 3 heterocycles. The first-order valence-electron chi connectivity index (χ1n) is 13.3. The molecule has 7 nitrogen and oxygen atoms in total. The largest absolute Gasteiger partial charge is 0.358 e. The highest BCUT2D eigenvalue weighted by atomic mass is 32.1. The van der Waals surface area contributed by atoms with Gasteiger partial charge in [-0.3, -0.25) is 9.59 Å². The molecule has 0 aliphatic carbocycles. The Labute approximate surface area is 233 Å². The van der Waals surface area contributed by atoms with E-state index in [2.05, 4.69) is 34.4 Å². The number of aromatic amines is 1. The number of thiazole rings is 1. The van der Waals surface area contributed by atoms with Crippen LogP contribution in [0.15, 0.2) is 53.9 Å². The molecule has 0 fully saturated rings. The van der Waals surface area contributed by atoms with Crippen LogP contribution in [0.25, 0.3) is 33.5 Å². The van der Waals surface area contributed by atoms with Gasteiger partial charge in [0.25, 0.3) is 11.8 Å². The molecule has 0 unspecified atom stereocenters. The fraction of sp³-hybridized carbons (Fsp3) is 0.258. The fourth-order valence-corrected chi connectivity index (χ4v) is 5.81. The van der Waals surface area contributed by atoms with Gasteiger partial charge in [0.2, 0.25) is 0 Å². The van der Waals surface area contributed by atoms with Crippen molar-refractivity contribution in [2.45, 2.75) is 27.7 Å². The minimum absolute atomic E-state index is 0.0999. The molecular weight excluding hydrogens is 506 g/mol. The first kappa shape index (κ1) is 26.6. The number of fused-ring (bicyclic) bond motifs is 1. The van der Waals surface area contributed by atoms with Gasteiger partial charge in [-0.1, -0.05) is 56.3 Å². The second kappa shape index (κ2) is 11.4. The number of aryl methyl sites for hydroxylation is 1. The van der Waals surface area contributed by atoms with Crippen molar-refractivity contribution in [3.63, 3.8) is 0 Å². The van der Waals surface area contributed by atoms with E-state index < -0.39 is 0 Å². The number of amides is 2. The third-order valence-corrected chi connectivity index (χ3v) is 8.11. The van der Waals surface area contributed by atoms with E-state index in [9.17, 15) is 9.59 Å². The average Bonchev–Trinajstić information content (AvgIpc) is 3.63. The number of nitrogens with zero attached hydrogens (tertiary/aromatic N) is 2. The van der Waals surface area contributed by atoms with Crippen LogP contribution in [0, 0.1) is 13.8 Å². The number of likely N-dealkylation sites (N-methyl/N-ethyl adjacent to an activating group) is 1. The Bertz CT molecular complexity index is 1550. The number of anilines is 1. The Morgan fingerprint density at radius 3 is 2.59 bits per heavy atom. The van der Waals surface area contributed by atoms with Crippen molar-refractivity contribution in [1.82, 2.24) is 20.2 Å². The Hall–Kier alpha value is -4.01. The summed E-state index contributed by atoms with van der Waals surface area (Å²) in [7, 11) is 0. The van der Waals surface area contributed by atoms with Crippen LogP contribution in [-0.4, -0.2) is 52.9 Å². The quantitative estimate of drug-likeness (QED) is 0.228. The molecule has 39 heavy (non-hydrogen) atoms. The summed E-state index contributed by atoms with van der Waals surface area (Å²) in [6.45, 7) is 11.3. The minimum Gasteiger partial charge on any atom is -0.358 e. The topological polar surface area (TPSA) is 90.1 Å². The van der Waals surface area contributed by atoms with Crippen molar-refractivity contribution in [3.05, 3.63) is 82.0 Å². The molecule has 0 saturated carbocycles. The molecule has 1 aliphatic heterocycles. The zero-order valence-corrected chi connectivity index (χ0v) is 23.5. The summed E-state index contributed by atoms with van der Waals surface area (Å²) < 4.78 is 0. The van der Waals surface area contributed by atoms with Crippen LogP contribution in [0.3, 0.4) is 0 Å². The summed E-state index contributed by atoms with van der Waals surface area (Å²) in [6.07, 6.45) is 1.84. The molecule has 0 spiro atoms. The highest BCUT2D eigenvalue weighted by Gasteiger charge is 2.26. The van der Waals surface area contributed by atoms with Crippen LogP contribution in [0.1, 0.15) is 46.7 Å². The third-order valence-electron chi connectivity index (χ3n) is 7.22. The predicted molar refractivity (Wildman–Crippen MR) is 160 cm³/mol. The number of H-pyrrole nitrogens is 1. The number of carbonyl (C=O) groups is 2. The zero-order chi connectivity index (χ0) is 27.5. The van der Waals surface area contributed by atoms with E-state index in [4.69, 9.17) is 4.98 Å². The number of rotatable bonds is 9. The van der Waals surface area contributed by atoms with Gasteiger partial charge < -0.3 is 20.5 Å². The van der Waals surface area contributed by atoms with Crippen molar-refractivity contribution < 1.29 is 9.59 Å². The van der Waals surface area contributed by atoms with Gasteiger partial charge in [-0.25, -0.2) is 4.98 Å². The first-order chi connectivity index (χ1) is 18.9. The lowest BCUT2D eigenvalue weighted by Gasteiger charge is -2.18. The van der Waals surface area contributed by atoms with Crippen molar-refractivity contribution in [1.29, 1.82) is 0 Å². The van der Waals surface area contributed by atoms with Gasteiger partial charge in [0.05, 0.1) is 16.8 Å². The van der Waals surface area contributed by atoms with Gasteiger partial charge in [0.15, 0.2) is 0 Å². The Kier molecular flexibility index (Phi) is 7.77. The van der Waals surface area contributed by atoms with Crippen LogP contribution in [0.2, 0.25) is 0 Å². The van der Waals surface area contributed by atoms with Gasteiger partial charge in [-0.05, 0) is 44.6 Å². The Morgan fingerprint density at radius 1 is 1.08 bits per heavy atom. The van der Waals surface area contributed by atoms with Gasteiger partial charge in [-0.2, -0.15) is 0 Å². The second-order valence-electron chi connectivity index (χ2n) is 9.62. The first-order valence-corrected chi connectivity index (χ1v) is 14.2. The lowest BCUT2D eigenvalue weighted by Crippen LogP contribution is -2.35. The standard InChI is InChI=1S/C31H33N5O2S/c1-5-36(6-2)15-14-32-30(38)28-19(3)25(33-20(28)4)17-24-23-13-12-22(16-26(23)34-29(24)37)27-18-39-31(35-27)21-10-8-7-9-11-21/h7-13,16-18,33H,5-6,14-15H2,1-4H3,(H,32,38)(H,34,37)/b24-17-. The molecule has 0 radical (unpaired) electrons. The predicted octanol–water partition coefficient (Wildman–Crippen LogP) is 5.99. The molecule has 3 N–H and O–H groups in total. The monoisotopic (exact) mass is 539 g/mol. The summed E-state index contributed by atoms with van der Waals surface area (Å²) in [6, 6.07) is 16.0. The Balaban J connectivity index is 1.37. The van der Waals surface area contributed by atoms with E-state index in [-0.39, 0.29) is 11.8 Å². The summed E-state index contributed by atoms with van der Waals surface area (Å²) >= 11 is 1.60. The molecule has 2 aromatic heterocycles. The van der Waals surface area contributed by atoms with E-state index >= 15 is 0 Å². The number of nitrogens with one attached hydrogen (secondary N) is 3. The maximum absolute atomic E-state index is 13.0. The molecule has 200 valence electrons. The summed E-state index contributed by atoms with van der Waals surface area (Å²) in [5, 5.41) is 9.04. The SMILES string of the molecule is CCN(CC)CCNC(=O)c1c(C)[nH]c(/C=C2\C(=O)Nc3cc(-c4csc(-c5ccccc5)n4)ccc32)c1C. The van der Waals surface area contributed by atoms with E-state index in [0.717, 1.165) is 69.7 Å². The molecule has 0 atom stereocenters. The minimum atomic E-state index is -0.165. The second-order valence-corrected chi connectivity index (χ2v) is 10.5. The molecule has 2 amide bonds. The molecular formula is C31H33N5O2S. The number of hydrogen-bond acceptors (Lipinski definition) is 5. The van der Waals surface area contributed by atoms with Crippen molar-refractivity contribution in [3.8, 4) is 21.8 Å². The van der Waals surface area contributed by atoms with Crippen LogP contribution < -0.4 is 10.6 Å². The van der Waals surface area contributed by atoms with Gasteiger partial charge >= 0.3 is 0 Å². The van der Waals surface area contributed by atoms with Gasteiger partial charge in [0, 0.05) is 52.2 Å². The zero-order valence-electron chi connectivity index (χ0n) is 22.7. The molecule has 1 aliphatic rings. The van der Waals surface area contributed by atoms with Crippen molar-refractivity contribution >= 4 is 40.5 Å². The lowest BCUT2D eigenvalue weighted by molar-refractivity contribution is -0.110. The summed E-state index contributed by atoms with van der Waals surface area (Å²) in [4.78, 5) is 36.3. The van der Waals surface area contributed by atoms with Gasteiger partial charge in [-0.15, -0.1) is 11.3 Å². The van der Waals surface area contributed by atoms with Crippen LogP contribution in [-0.2, 0) is 4.79 Å².